The maximum Gasteiger partial charge on any atom is 0.260 e. The van der Waals surface area contributed by atoms with Gasteiger partial charge in [-0.05, 0) is 42.3 Å². The molecule has 34 heavy (non-hydrogen) atoms. The molecule has 1 aromatic heterocycles. The fourth-order valence-corrected chi connectivity index (χ4v) is 5.43. The highest BCUT2D eigenvalue weighted by atomic mass is 32.1. The van der Waals surface area contributed by atoms with Crippen molar-refractivity contribution in [1.82, 2.24) is 9.88 Å². The molecule has 2 heterocycles. The Bertz CT molecular complexity index is 1280. The highest BCUT2D eigenvalue weighted by molar-refractivity contribution is 7.22. The summed E-state index contributed by atoms with van der Waals surface area (Å²) in [4.78, 5) is 23.1. The number of rotatable bonds is 8. The van der Waals surface area contributed by atoms with E-state index in [4.69, 9.17) is 14.5 Å². The molecule has 3 aromatic carbocycles. The molecule has 1 amide bonds. The van der Waals surface area contributed by atoms with Crippen LogP contribution in [0.25, 0.3) is 21.0 Å². The van der Waals surface area contributed by atoms with Crippen LogP contribution < -0.4 is 9.64 Å². The van der Waals surface area contributed by atoms with Gasteiger partial charge < -0.3 is 9.47 Å². The van der Waals surface area contributed by atoms with Gasteiger partial charge in [-0.1, -0.05) is 53.8 Å². The van der Waals surface area contributed by atoms with Gasteiger partial charge in [-0.3, -0.25) is 14.6 Å². The lowest BCUT2D eigenvalue weighted by molar-refractivity contribution is 0.0376. The summed E-state index contributed by atoms with van der Waals surface area (Å²) in [6, 6.07) is 19.9. The van der Waals surface area contributed by atoms with Crippen molar-refractivity contribution in [3.8, 4) is 5.75 Å². The summed E-state index contributed by atoms with van der Waals surface area (Å²) in [6.07, 6.45) is 0.866. The number of aromatic nitrogens is 1. The largest absolute Gasteiger partial charge is 0.492 e. The summed E-state index contributed by atoms with van der Waals surface area (Å²) in [5.41, 5.74) is 1.52. The smallest absolute Gasteiger partial charge is 0.260 e. The molecule has 1 aliphatic rings. The average Bonchev–Trinajstić information content (AvgIpc) is 3.32. The number of amides is 1. The highest BCUT2D eigenvalue weighted by Gasteiger charge is 2.24. The molecule has 0 radical (unpaired) electrons. The lowest BCUT2D eigenvalue weighted by Crippen LogP contribution is -2.39. The van der Waals surface area contributed by atoms with E-state index < -0.39 is 0 Å². The van der Waals surface area contributed by atoms with Crippen molar-refractivity contribution in [3.63, 3.8) is 0 Å². The van der Waals surface area contributed by atoms with E-state index in [0.29, 0.717) is 23.8 Å². The molecule has 0 bridgehead atoms. The van der Waals surface area contributed by atoms with Crippen molar-refractivity contribution >= 4 is 43.4 Å². The zero-order chi connectivity index (χ0) is 23.3. The Kier molecular flexibility index (Phi) is 7.04. The molecular weight excluding hydrogens is 446 g/mol. The lowest BCUT2D eigenvalue weighted by atomic mass is 10.0. The molecule has 6 nitrogen and oxygen atoms in total. The molecule has 7 heteroatoms. The first-order valence-electron chi connectivity index (χ1n) is 11.9. The lowest BCUT2D eigenvalue weighted by Gasteiger charge is -2.28. The van der Waals surface area contributed by atoms with E-state index in [9.17, 15) is 4.79 Å². The normalized spacial score (nSPS) is 14.5. The summed E-state index contributed by atoms with van der Waals surface area (Å²) < 4.78 is 12.3. The number of anilines is 1. The summed E-state index contributed by atoms with van der Waals surface area (Å²) >= 11 is 1.54. The molecule has 0 saturated carbocycles. The van der Waals surface area contributed by atoms with Crippen molar-refractivity contribution in [3.05, 3.63) is 66.2 Å². The molecule has 0 spiro atoms. The van der Waals surface area contributed by atoms with Crippen LogP contribution in [0.4, 0.5) is 5.13 Å². The highest BCUT2D eigenvalue weighted by Crippen LogP contribution is 2.35. The van der Waals surface area contributed by atoms with Crippen molar-refractivity contribution in [2.24, 2.45) is 0 Å². The molecule has 0 atom stereocenters. The zero-order valence-electron chi connectivity index (χ0n) is 19.4. The van der Waals surface area contributed by atoms with E-state index in [1.807, 2.05) is 72.5 Å². The topological polar surface area (TPSA) is 54.9 Å². The Balaban J connectivity index is 1.48. The third-order valence-electron chi connectivity index (χ3n) is 6.13. The first kappa shape index (κ1) is 22.8. The standard InChI is InChI=1S/C27H29N3O3S/c1-2-33-23-12-6-13-24-25(23)28-27(34-24)30(15-7-14-29-16-18-32-19-17-29)26(31)22-11-5-9-20-8-3-4-10-21(20)22/h3-6,8-13H,2,7,14-19H2,1H3. The number of hydrogen-bond acceptors (Lipinski definition) is 6. The van der Waals surface area contributed by atoms with Crippen LogP contribution in [0.5, 0.6) is 5.75 Å². The van der Waals surface area contributed by atoms with Gasteiger partial charge in [0, 0.05) is 31.7 Å². The number of morpholine rings is 1. The van der Waals surface area contributed by atoms with Gasteiger partial charge in [-0.2, -0.15) is 0 Å². The zero-order valence-corrected chi connectivity index (χ0v) is 20.2. The predicted octanol–water partition coefficient (Wildman–Crippen LogP) is 5.22. The number of carbonyl (C=O) groups is 1. The van der Waals surface area contributed by atoms with Crippen LogP contribution in [0.1, 0.15) is 23.7 Å². The van der Waals surface area contributed by atoms with Crippen molar-refractivity contribution in [2.75, 3.05) is 50.9 Å². The number of fused-ring (bicyclic) bond motifs is 2. The van der Waals surface area contributed by atoms with Crippen LogP contribution in [0.2, 0.25) is 0 Å². The number of hydrogen-bond donors (Lipinski definition) is 0. The average molecular weight is 476 g/mol. The second kappa shape index (κ2) is 10.5. The monoisotopic (exact) mass is 475 g/mol. The SMILES string of the molecule is CCOc1cccc2sc(N(CCCN3CCOCC3)C(=O)c3cccc4ccccc34)nc12. The van der Waals surface area contributed by atoms with Crippen LogP contribution in [0, 0.1) is 0 Å². The molecule has 1 fully saturated rings. The van der Waals surface area contributed by atoms with Crippen LogP contribution in [-0.2, 0) is 4.74 Å². The molecule has 1 aliphatic heterocycles. The molecule has 4 aromatic rings. The Morgan fingerprint density at radius 1 is 1.09 bits per heavy atom. The quantitative estimate of drug-likeness (QED) is 0.350. The third-order valence-corrected chi connectivity index (χ3v) is 7.17. The van der Waals surface area contributed by atoms with Crippen molar-refractivity contribution in [2.45, 2.75) is 13.3 Å². The van der Waals surface area contributed by atoms with Crippen LogP contribution in [0.15, 0.2) is 60.7 Å². The molecule has 0 N–H and O–H groups in total. The summed E-state index contributed by atoms with van der Waals surface area (Å²) in [5, 5.41) is 2.73. The molecular formula is C27H29N3O3S. The number of benzene rings is 3. The minimum Gasteiger partial charge on any atom is -0.492 e. The molecule has 0 unspecified atom stereocenters. The number of thiazole rings is 1. The Labute approximate surface area is 203 Å². The fourth-order valence-electron chi connectivity index (χ4n) is 4.42. The van der Waals surface area contributed by atoms with E-state index in [0.717, 1.165) is 66.0 Å². The van der Waals surface area contributed by atoms with Gasteiger partial charge >= 0.3 is 0 Å². The van der Waals surface area contributed by atoms with Gasteiger partial charge in [0.25, 0.3) is 5.91 Å². The fraction of sp³-hybridized carbons (Fsp3) is 0.333. The summed E-state index contributed by atoms with van der Waals surface area (Å²) in [7, 11) is 0. The van der Waals surface area contributed by atoms with Crippen molar-refractivity contribution < 1.29 is 14.3 Å². The Hall–Kier alpha value is -3.00. The number of ether oxygens (including phenoxy) is 2. The summed E-state index contributed by atoms with van der Waals surface area (Å²) in [6.45, 7) is 7.50. The van der Waals surface area contributed by atoms with Gasteiger partial charge in [0.15, 0.2) is 5.13 Å². The van der Waals surface area contributed by atoms with Crippen LogP contribution in [-0.4, -0.2) is 61.8 Å². The van der Waals surface area contributed by atoms with Gasteiger partial charge in [0.05, 0.1) is 24.5 Å². The second-order valence-corrected chi connectivity index (χ2v) is 9.33. The molecule has 176 valence electrons. The molecule has 0 aliphatic carbocycles. The van der Waals surface area contributed by atoms with Gasteiger partial charge in [-0.25, -0.2) is 4.98 Å². The third kappa shape index (κ3) is 4.78. The van der Waals surface area contributed by atoms with Gasteiger partial charge in [0.1, 0.15) is 11.3 Å². The van der Waals surface area contributed by atoms with Gasteiger partial charge in [0.2, 0.25) is 0 Å². The van der Waals surface area contributed by atoms with E-state index in [1.165, 1.54) is 0 Å². The van der Waals surface area contributed by atoms with Crippen LogP contribution in [0.3, 0.4) is 0 Å². The number of para-hydroxylation sites is 1. The van der Waals surface area contributed by atoms with Crippen LogP contribution >= 0.6 is 11.3 Å². The minimum atomic E-state index is -0.0178. The molecule has 5 rings (SSSR count). The number of nitrogens with zero attached hydrogens (tertiary/aromatic N) is 3. The Morgan fingerprint density at radius 2 is 1.88 bits per heavy atom. The van der Waals surface area contributed by atoms with E-state index in [2.05, 4.69) is 4.90 Å². The summed E-state index contributed by atoms with van der Waals surface area (Å²) in [5.74, 6) is 0.740. The first-order chi connectivity index (χ1) is 16.7. The predicted molar refractivity (Wildman–Crippen MR) is 138 cm³/mol. The number of carbonyl (C=O) groups excluding carboxylic acids is 1. The second-order valence-electron chi connectivity index (χ2n) is 8.32. The van der Waals surface area contributed by atoms with Crippen molar-refractivity contribution in [1.29, 1.82) is 0 Å². The van der Waals surface area contributed by atoms with Gasteiger partial charge in [-0.15, -0.1) is 0 Å². The minimum absolute atomic E-state index is 0.0178. The Morgan fingerprint density at radius 3 is 2.74 bits per heavy atom. The maximum absolute atomic E-state index is 14.0. The van der Waals surface area contributed by atoms with E-state index in [-0.39, 0.29) is 5.91 Å². The van der Waals surface area contributed by atoms with E-state index in [1.54, 1.807) is 11.3 Å². The first-order valence-corrected chi connectivity index (χ1v) is 12.7. The maximum atomic E-state index is 14.0. The molecule has 1 saturated heterocycles. The van der Waals surface area contributed by atoms with E-state index >= 15 is 0 Å².